The second-order valence-corrected chi connectivity index (χ2v) is 2.62. The molecule has 0 amide bonds. The van der Waals surface area contributed by atoms with Gasteiger partial charge in [0.2, 0.25) is 0 Å². The summed E-state index contributed by atoms with van der Waals surface area (Å²) in [6.45, 7) is 5.92. The summed E-state index contributed by atoms with van der Waals surface area (Å²) in [5.41, 5.74) is 2.84. The highest BCUT2D eigenvalue weighted by Gasteiger charge is 1.99. The van der Waals surface area contributed by atoms with Crippen LogP contribution in [0.5, 0.6) is 0 Å². The summed E-state index contributed by atoms with van der Waals surface area (Å²) >= 11 is 0. The number of allylic oxidation sites excluding steroid dienone is 7. The zero-order valence-corrected chi connectivity index (χ0v) is 7.01. The van der Waals surface area contributed by atoms with Gasteiger partial charge in [-0.3, -0.25) is 0 Å². The zero-order chi connectivity index (χ0) is 8.10. The Morgan fingerprint density at radius 3 is 2.55 bits per heavy atom. The molecule has 0 nitrogen and oxygen atoms in total. The van der Waals surface area contributed by atoms with Crippen LogP contribution in [0.4, 0.5) is 0 Å². The van der Waals surface area contributed by atoms with E-state index in [1.807, 2.05) is 6.08 Å². The Kier molecular flexibility index (Phi) is 2.91. The van der Waals surface area contributed by atoms with E-state index in [2.05, 4.69) is 37.8 Å². The molecule has 0 aromatic rings. The molecule has 0 atom stereocenters. The molecule has 0 unspecified atom stereocenters. The lowest BCUT2D eigenvalue weighted by Crippen LogP contribution is -1.82. The Morgan fingerprint density at radius 1 is 1.45 bits per heavy atom. The van der Waals surface area contributed by atoms with Crippen LogP contribution in [0.2, 0.25) is 0 Å². The van der Waals surface area contributed by atoms with Crippen LogP contribution < -0.4 is 0 Å². The van der Waals surface area contributed by atoms with Crippen molar-refractivity contribution in [2.45, 2.75) is 19.8 Å². The van der Waals surface area contributed by atoms with Crippen molar-refractivity contribution in [2.24, 2.45) is 0 Å². The lowest BCUT2D eigenvalue weighted by molar-refractivity contribution is 1.02. The SMILES string of the molecule is C=CCC(CC)=C1C=CC=C1. The zero-order valence-electron chi connectivity index (χ0n) is 7.01. The molecule has 1 rings (SSSR count). The Morgan fingerprint density at radius 2 is 2.09 bits per heavy atom. The quantitative estimate of drug-likeness (QED) is 0.535. The van der Waals surface area contributed by atoms with E-state index in [1.165, 1.54) is 11.1 Å². The number of rotatable bonds is 3. The summed E-state index contributed by atoms with van der Waals surface area (Å²) in [5.74, 6) is 0. The largest absolute Gasteiger partial charge is 0.103 e. The molecule has 0 radical (unpaired) electrons. The summed E-state index contributed by atoms with van der Waals surface area (Å²) in [4.78, 5) is 0. The first-order chi connectivity index (χ1) is 5.38. The van der Waals surface area contributed by atoms with Crippen molar-refractivity contribution in [3.63, 3.8) is 0 Å². The van der Waals surface area contributed by atoms with Gasteiger partial charge in [0, 0.05) is 0 Å². The van der Waals surface area contributed by atoms with Crippen LogP contribution >= 0.6 is 0 Å². The van der Waals surface area contributed by atoms with Gasteiger partial charge in [-0.2, -0.15) is 0 Å². The van der Waals surface area contributed by atoms with Gasteiger partial charge in [0.15, 0.2) is 0 Å². The van der Waals surface area contributed by atoms with Gasteiger partial charge in [-0.1, -0.05) is 42.9 Å². The molecule has 0 spiro atoms. The third-order valence-corrected chi connectivity index (χ3v) is 1.89. The molecule has 0 bridgehead atoms. The van der Waals surface area contributed by atoms with Crippen LogP contribution in [-0.2, 0) is 0 Å². The van der Waals surface area contributed by atoms with Crippen LogP contribution in [-0.4, -0.2) is 0 Å². The summed E-state index contributed by atoms with van der Waals surface area (Å²) in [6.07, 6.45) is 12.6. The lowest BCUT2D eigenvalue weighted by Gasteiger charge is -2.02. The van der Waals surface area contributed by atoms with Crippen molar-refractivity contribution >= 4 is 0 Å². The molecule has 0 aromatic carbocycles. The molecule has 0 saturated carbocycles. The molecule has 0 aliphatic heterocycles. The van der Waals surface area contributed by atoms with Gasteiger partial charge in [0.25, 0.3) is 0 Å². The standard InChI is InChI=1S/C11H14/c1-3-7-10(4-2)11-8-5-6-9-11/h3,5-6,8-9H,1,4,7H2,2H3. The molecule has 1 aliphatic rings. The lowest BCUT2D eigenvalue weighted by atomic mass is 10.0. The maximum absolute atomic E-state index is 3.74. The maximum Gasteiger partial charge on any atom is -0.0133 e. The van der Waals surface area contributed by atoms with E-state index in [0.717, 1.165) is 12.8 Å². The second kappa shape index (κ2) is 3.97. The van der Waals surface area contributed by atoms with Crippen molar-refractivity contribution in [3.05, 3.63) is 48.1 Å². The van der Waals surface area contributed by atoms with Crippen LogP contribution in [0.15, 0.2) is 48.1 Å². The fourth-order valence-electron chi connectivity index (χ4n) is 1.25. The summed E-state index contributed by atoms with van der Waals surface area (Å²) in [7, 11) is 0. The molecule has 0 heterocycles. The van der Waals surface area contributed by atoms with Crippen LogP contribution in [0.3, 0.4) is 0 Å². The maximum atomic E-state index is 3.74. The third kappa shape index (κ3) is 1.94. The Balaban J connectivity index is 2.79. The smallest absolute Gasteiger partial charge is 0.0133 e. The molecule has 1 aliphatic carbocycles. The highest BCUT2D eigenvalue weighted by Crippen LogP contribution is 2.18. The second-order valence-electron chi connectivity index (χ2n) is 2.62. The minimum absolute atomic E-state index is 1.01. The molecular weight excluding hydrogens is 132 g/mol. The Labute approximate surface area is 68.6 Å². The average molecular weight is 146 g/mol. The van der Waals surface area contributed by atoms with Crippen molar-refractivity contribution in [1.82, 2.24) is 0 Å². The first-order valence-corrected chi connectivity index (χ1v) is 4.06. The van der Waals surface area contributed by atoms with Gasteiger partial charge in [-0.15, -0.1) is 6.58 Å². The van der Waals surface area contributed by atoms with E-state index < -0.39 is 0 Å². The van der Waals surface area contributed by atoms with Crippen LogP contribution in [0.25, 0.3) is 0 Å². The van der Waals surface area contributed by atoms with Crippen LogP contribution in [0, 0.1) is 0 Å². The molecular formula is C11H14. The predicted molar refractivity (Wildman–Crippen MR) is 50.4 cm³/mol. The van der Waals surface area contributed by atoms with Gasteiger partial charge in [0.05, 0.1) is 0 Å². The first kappa shape index (κ1) is 8.06. The van der Waals surface area contributed by atoms with Gasteiger partial charge < -0.3 is 0 Å². The Bertz CT molecular complexity index is 212. The van der Waals surface area contributed by atoms with E-state index >= 15 is 0 Å². The normalized spacial score (nSPS) is 14.1. The fourth-order valence-corrected chi connectivity index (χ4v) is 1.25. The molecule has 0 fully saturated rings. The van der Waals surface area contributed by atoms with E-state index in [0.29, 0.717) is 0 Å². The van der Waals surface area contributed by atoms with Crippen molar-refractivity contribution < 1.29 is 0 Å². The van der Waals surface area contributed by atoms with E-state index in [-0.39, 0.29) is 0 Å². The number of hydrogen-bond acceptors (Lipinski definition) is 0. The minimum Gasteiger partial charge on any atom is -0.103 e. The summed E-state index contributed by atoms with van der Waals surface area (Å²) in [5, 5.41) is 0. The fraction of sp³-hybridized carbons (Fsp3) is 0.273. The van der Waals surface area contributed by atoms with Crippen LogP contribution in [0.1, 0.15) is 19.8 Å². The van der Waals surface area contributed by atoms with Gasteiger partial charge >= 0.3 is 0 Å². The molecule has 0 N–H and O–H groups in total. The van der Waals surface area contributed by atoms with Crippen molar-refractivity contribution in [2.75, 3.05) is 0 Å². The molecule has 11 heavy (non-hydrogen) atoms. The minimum atomic E-state index is 1.01. The van der Waals surface area contributed by atoms with Gasteiger partial charge in [-0.05, 0) is 18.4 Å². The third-order valence-electron chi connectivity index (χ3n) is 1.89. The molecule has 0 heteroatoms. The molecule has 58 valence electrons. The first-order valence-electron chi connectivity index (χ1n) is 4.06. The van der Waals surface area contributed by atoms with Gasteiger partial charge in [-0.25, -0.2) is 0 Å². The van der Waals surface area contributed by atoms with Crippen molar-refractivity contribution in [1.29, 1.82) is 0 Å². The molecule has 0 saturated heterocycles. The van der Waals surface area contributed by atoms with E-state index in [4.69, 9.17) is 0 Å². The van der Waals surface area contributed by atoms with E-state index in [1.54, 1.807) is 0 Å². The highest BCUT2D eigenvalue weighted by molar-refractivity contribution is 5.43. The number of hydrogen-bond donors (Lipinski definition) is 0. The van der Waals surface area contributed by atoms with E-state index in [9.17, 15) is 0 Å². The monoisotopic (exact) mass is 146 g/mol. The average Bonchev–Trinajstić information content (AvgIpc) is 2.52. The van der Waals surface area contributed by atoms with Crippen molar-refractivity contribution in [3.8, 4) is 0 Å². The van der Waals surface area contributed by atoms with Gasteiger partial charge in [0.1, 0.15) is 0 Å². The Hall–Kier alpha value is -1.04. The predicted octanol–water partition coefficient (Wildman–Crippen LogP) is 3.40. The molecule has 0 aromatic heterocycles. The topological polar surface area (TPSA) is 0 Å². The summed E-state index contributed by atoms with van der Waals surface area (Å²) < 4.78 is 0. The summed E-state index contributed by atoms with van der Waals surface area (Å²) in [6, 6.07) is 0. The highest BCUT2D eigenvalue weighted by atomic mass is 14.0.